The first-order chi connectivity index (χ1) is 41.2. The van der Waals surface area contributed by atoms with Gasteiger partial charge in [0.2, 0.25) is 6.29 Å². The summed E-state index contributed by atoms with van der Waals surface area (Å²) in [7, 11) is 0. The van der Waals surface area contributed by atoms with E-state index in [2.05, 4.69) is 167 Å². The van der Waals surface area contributed by atoms with Crippen LogP contribution in [0.3, 0.4) is 0 Å². The Balaban J connectivity index is 0.00000360. The molecule has 87 heavy (non-hydrogen) atoms. The van der Waals surface area contributed by atoms with Crippen molar-refractivity contribution in [2.75, 3.05) is 6.61 Å². The number of hydrogen-bond donors (Lipinski definition) is 6. The van der Waals surface area contributed by atoms with Crippen molar-refractivity contribution in [3.63, 3.8) is 0 Å². The molecule has 1 fully saturated rings. The Bertz CT molecular complexity index is 3340. The van der Waals surface area contributed by atoms with Crippen LogP contribution >= 0.6 is 0 Å². The van der Waals surface area contributed by atoms with Gasteiger partial charge in [0.1, 0.15) is 49.8 Å². The van der Waals surface area contributed by atoms with Crippen LogP contribution in [0, 0.1) is 0 Å². The molecule has 13 nitrogen and oxygen atoms in total. The summed E-state index contributed by atoms with van der Waals surface area (Å²) >= 11 is 0. The highest BCUT2D eigenvalue weighted by molar-refractivity contribution is 6.00. The van der Waals surface area contributed by atoms with Crippen molar-refractivity contribution >= 4 is 46.4 Å². The maximum atomic E-state index is 10.8. The van der Waals surface area contributed by atoms with Gasteiger partial charge >= 0.3 is 0 Å². The lowest BCUT2D eigenvalue weighted by atomic mass is 9.99. The van der Waals surface area contributed by atoms with Gasteiger partial charge in [-0.15, -0.1) is 0 Å². The largest absolute Gasteiger partial charge is 1.00 e. The van der Waals surface area contributed by atoms with E-state index in [0.29, 0.717) is 5.75 Å². The average Bonchev–Trinajstić information content (AvgIpc) is 2.45. The van der Waals surface area contributed by atoms with E-state index in [1.165, 1.54) is 96.3 Å². The number of pyridine rings is 3. The molecule has 6 N–H and O–H groups in total. The van der Waals surface area contributed by atoms with Gasteiger partial charge in [0, 0.05) is 100.0 Å². The van der Waals surface area contributed by atoms with Gasteiger partial charge in [-0.3, -0.25) is 0 Å². The van der Waals surface area contributed by atoms with E-state index < -0.39 is 37.3 Å². The number of nitrogens with one attached hydrogen (secondary N) is 2. The highest BCUT2D eigenvalue weighted by Crippen LogP contribution is 2.39. The van der Waals surface area contributed by atoms with E-state index >= 15 is 0 Å². The third-order valence-corrected chi connectivity index (χ3v) is 16.8. The quantitative estimate of drug-likeness (QED) is 0.0238. The number of hydrogen-bond acceptors (Lipinski definition) is 8. The van der Waals surface area contributed by atoms with Gasteiger partial charge in [-0.25, -0.2) is 23.7 Å². The van der Waals surface area contributed by atoms with Crippen LogP contribution in [0.25, 0.3) is 90.9 Å². The molecular formula is C71H88I3N7O6. The second-order valence-corrected chi connectivity index (χ2v) is 23.1. The zero-order valence-corrected chi connectivity index (χ0v) is 57.2. The normalized spacial score (nSPS) is 16.9. The zero-order valence-electron chi connectivity index (χ0n) is 50.8. The molecular weight excluding hydrogens is 1430 g/mol. The summed E-state index contributed by atoms with van der Waals surface area (Å²) in [6.07, 6.45) is 37.2. The summed E-state index contributed by atoms with van der Waals surface area (Å²) in [6, 6.07) is 29.3. The molecule has 0 unspecified atom stereocenters. The first-order valence-electron chi connectivity index (χ1n) is 31.5. The fourth-order valence-corrected chi connectivity index (χ4v) is 12.0. The number of aryl methyl sites for hydroxylation is 3. The van der Waals surface area contributed by atoms with Crippen LogP contribution < -0.4 is 90.4 Å². The van der Waals surface area contributed by atoms with Gasteiger partial charge in [-0.1, -0.05) is 110 Å². The lowest BCUT2D eigenvalue weighted by Crippen LogP contribution is -3.00. The standard InChI is InChI=1S/C71H87N7O6.3HI/c1-4-7-10-13-16-19-40-76-43-34-51(35-44-76)65-57-28-26-55(72-57)64(50-22-24-54(25-23-50)83-71-70(82)69(81)68(80)63(49-79)84-71)56-27-29-58(73-56)66(52-36-45-77(46-37-52)41-20-17-14-11-8-5-2)60-31-33-62(75-60)67(61-32-30-59(65)74-61)53-38-47-78(48-39-53)42-21-18-15-12-9-6-3;;;/h22-39,43-48,63,68-71,79-82H,4-21,40-42,49H2,1-3H3,(H,72,73,74,75);3*1H/q+2;;;/p-2/t63-,68-,69+,70-,71-;;;/m1.../s1. The highest BCUT2D eigenvalue weighted by atomic mass is 127. The number of benzene rings is 1. The van der Waals surface area contributed by atoms with Crippen LogP contribution in [-0.4, -0.2) is 77.7 Å². The minimum atomic E-state index is -1.56. The maximum absolute atomic E-state index is 10.8. The molecule has 0 radical (unpaired) electrons. The number of halogens is 3. The molecule has 1 saturated heterocycles. The third kappa shape index (κ3) is 17.7. The zero-order chi connectivity index (χ0) is 58.2. The van der Waals surface area contributed by atoms with E-state index in [1.54, 1.807) is 12.1 Å². The molecule has 5 atom stereocenters. The summed E-state index contributed by atoms with van der Waals surface area (Å²) in [4.78, 5) is 19.0. The van der Waals surface area contributed by atoms with Crippen molar-refractivity contribution in [3.05, 3.63) is 145 Å². The van der Waals surface area contributed by atoms with Crippen LogP contribution in [0.5, 0.6) is 5.75 Å². The van der Waals surface area contributed by atoms with Crippen molar-refractivity contribution in [2.24, 2.45) is 0 Å². The Kier molecular flexibility index (Phi) is 27.9. The van der Waals surface area contributed by atoms with E-state index in [-0.39, 0.29) is 71.9 Å². The number of unbranched alkanes of at least 4 members (excludes halogenated alkanes) is 15. The number of nitrogens with zero attached hydrogens (tertiary/aromatic N) is 5. The van der Waals surface area contributed by atoms with Gasteiger partial charge in [0.25, 0.3) is 0 Å². The van der Waals surface area contributed by atoms with Gasteiger partial charge in [0.05, 0.1) is 29.4 Å². The molecule has 464 valence electrons. The van der Waals surface area contributed by atoms with Gasteiger partial charge < -0.3 is 112 Å². The molecule has 3 aliphatic heterocycles. The first kappa shape index (κ1) is 69.5. The number of rotatable bonds is 28. The molecule has 0 spiro atoms. The van der Waals surface area contributed by atoms with E-state index in [1.807, 2.05) is 12.1 Å². The summed E-state index contributed by atoms with van der Waals surface area (Å²) in [5.74, 6) is 0.369. The Hall–Kier alpha value is -4.94. The lowest BCUT2D eigenvalue weighted by Gasteiger charge is -2.39. The molecule has 7 aromatic rings. The Morgan fingerprint density at radius 1 is 0.402 bits per heavy atom. The molecule has 0 aliphatic carbocycles. The smallest absolute Gasteiger partial charge is 0.229 e. The van der Waals surface area contributed by atoms with Gasteiger partial charge in [-0.05, 0) is 102 Å². The fraction of sp³-hybridized carbons (Fsp3) is 0.423. The first-order valence-corrected chi connectivity index (χ1v) is 31.5. The van der Waals surface area contributed by atoms with Crippen LogP contribution in [0.15, 0.2) is 122 Å². The monoisotopic (exact) mass is 1520 g/mol. The minimum absolute atomic E-state index is 0. The molecule has 10 rings (SSSR count). The molecule has 8 bridgehead atoms. The van der Waals surface area contributed by atoms with Gasteiger partial charge in [0.15, 0.2) is 37.2 Å². The van der Waals surface area contributed by atoms with Crippen molar-refractivity contribution in [1.82, 2.24) is 19.9 Å². The molecule has 3 aliphatic rings. The third-order valence-electron chi connectivity index (χ3n) is 16.8. The number of ether oxygens (including phenoxy) is 2. The summed E-state index contributed by atoms with van der Waals surface area (Å²) in [5.41, 5.74) is 14.7. The number of fused-ring (bicyclic) bond motifs is 8. The summed E-state index contributed by atoms with van der Waals surface area (Å²) < 4.78 is 18.7. The van der Waals surface area contributed by atoms with E-state index in [0.717, 1.165) is 128 Å². The van der Waals surface area contributed by atoms with Crippen molar-refractivity contribution in [3.8, 4) is 50.3 Å². The number of aromatic nitrogens is 7. The molecule has 6 aromatic heterocycles. The molecule has 0 amide bonds. The number of aliphatic hydroxyl groups is 4. The predicted molar refractivity (Wildman–Crippen MR) is 336 cm³/mol. The Labute approximate surface area is 565 Å². The lowest BCUT2D eigenvalue weighted by molar-refractivity contribution is -0.697. The van der Waals surface area contributed by atoms with Crippen molar-refractivity contribution in [2.45, 2.75) is 187 Å². The number of aliphatic hydroxyl groups excluding tert-OH is 4. The number of aromatic amines is 2. The summed E-state index contributed by atoms with van der Waals surface area (Å²) in [5, 5.41) is 41.7. The molecule has 1 aromatic carbocycles. The SMILES string of the molecule is CCCCCCCC[n+]1ccc(-c2c3nc(c(-c4cc[n+](CCCCCCCC)cc4)c4ccc([nH]4)c(-c4ccc(O[C@@H]5O[C@H](CO)[C@@H](O)[C@H](O)[C@H]5O)cc4)c4ccc([nH]4)c(-c4cc[n+](CCCCCCCC)cc4)c4nc2C=C4)C=C3)cc1.[I-].[I-].[I-]. The van der Waals surface area contributed by atoms with Crippen LogP contribution in [0.4, 0.5) is 0 Å². The molecule has 16 heteroatoms. The Morgan fingerprint density at radius 3 is 1.11 bits per heavy atom. The van der Waals surface area contributed by atoms with E-state index in [9.17, 15) is 20.4 Å². The second kappa shape index (κ2) is 34.9. The van der Waals surface area contributed by atoms with Crippen molar-refractivity contribution < 1.29 is 116 Å². The summed E-state index contributed by atoms with van der Waals surface area (Å²) in [6.45, 7) is 9.13. The van der Waals surface area contributed by atoms with Gasteiger partial charge in [-0.2, -0.15) is 0 Å². The van der Waals surface area contributed by atoms with Crippen molar-refractivity contribution in [1.29, 1.82) is 0 Å². The predicted octanol–water partition coefficient (Wildman–Crippen LogP) is 4.46. The van der Waals surface area contributed by atoms with E-state index in [4.69, 9.17) is 19.4 Å². The number of H-pyrrole nitrogens is 2. The molecule has 9 heterocycles. The molecule has 0 saturated carbocycles. The Morgan fingerprint density at radius 2 is 0.736 bits per heavy atom. The van der Waals surface area contributed by atoms with Crippen LogP contribution in [0.1, 0.15) is 159 Å². The average molecular weight is 1520 g/mol. The highest BCUT2D eigenvalue weighted by Gasteiger charge is 2.44. The minimum Gasteiger partial charge on any atom is -1.00 e. The van der Waals surface area contributed by atoms with Crippen LogP contribution in [0.2, 0.25) is 0 Å². The second-order valence-electron chi connectivity index (χ2n) is 23.1. The fourth-order valence-electron chi connectivity index (χ4n) is 12.0. The maximum Gasteiger partial charge on any atom is 0.229 e. The van der Waals surface area contributed by atoms with Crippen LogP contribution in [-0.2, 0) is 24.4 Å². The topological polar surface area (TPSA) is 168 Å².